The van der Waals surface area contributed by atoms with Gasteiger partial charge in [-0.2, -0.15) is 0 Å². The van der Waals surface area contributed by atoms with Gasteiger partial charge in [0.15, 0.2) is 0 Å². The normalized spacial score (nSPS) is 22.4. The molecular formula is C26H39N5O. The van der Waals surface area contributed by atoms with Crippen LogP contribution in [0.2, 0.25) is 0 Å². The largest absolute Gasteiger partial charge is 0.384 e. The first-order valence-electron chi connectivity index (χ1n) is 11.9. The standard InChI is InChI=1S/C26H39N5O/c1-24(2)11-9-17(10-12-24)23-20(28-16-22-29-15-21(27)31-22)8-7-19(30-23)18-13-25(3,4)32-26(5,6)14-18/h7-9,15,18,28H,10-14,16,27H2,1-6H3,(H,29,31). The van der Waals surface area contributed by atoms with Crippen LogP contribution < -0.4 is 11.1 Å². The molecule has 0 radical (unpaired) electrons. The predicted molar refractivity (Wildman–Crippen MR) is 131 cm³/mol. The summed E-state index contributed by atoms with van der Waals surface area (Å²) in [5.41, 5.74) is 10.5. The number of aromatic nitrogens is 3. The minimum atomic E-state index is -0.154. The first-order chi connectivity index (χ1) is 14.9. The topological polar surface area (TPSA) is 88.8 Å². The number of nitrogens with two attached hydrogens (primary N) is 1. The summed E-state index contributed by atoms with van der Waals surface area (Å²) >= 11 is 0. The van der Waals surface area contributed by atoms with Crippen LogP contribution in [-0.2, 0) is 11.3 Å². The minimum absolute atomic E-state index is 0.154. The summed E-state index contributed by atoms with van der Waals surface area (Å²) in [5, 5.41) is 3.55. The van der Waals surface area contributed by atoms with Gasteiger partial charge in [0.2, 0.25) is 0 Å². The first-order valence-corrected chi connectivity index (χ1v) is 11.9. The molecule has 32 heavy (non-hydrogen) atoms. The number of nitrogens with zero attached hydrogens (tertiary/aromatic N) is 2. The lowest BCUT2D eigenvalue weighted by Crippen LogP contribution is -2.44. The van der Waals surface area contributed by atoms with E-state index in [1.165, 1.54) is 17.7 Å². The molecular weight excluding hydrogens is 398 g/mol. The Kier molecular flexibility index (Phi) is 5.86. The lowest BCUT2D eigenvalue weighted by molar-refractivity contribution is -0.162. The van der Waals surface area contributed by atoms with Gasteiger partial charge in [0.25, 0.3) is 0 Å². The molecule has 174 valence electrons. The molecule has 0 bridgehead atoms. The zero-order chi connectivity index (χ0) is 23.1. The molecule has 1 aliphatic heterocycles. The average molecular weight is 438 g/mol. The SMILES string of the molecule is CC1(C)CC=C(c2nc(C3CC(C)(C)OC(C)(C)C3)ccc2NCc2ncc(N)[nH]2)CC1. The van der Waals surface area contributed by atoms with Crippen LogP contribution in [0.4, 0.5) is 11.5 Å². The molecule has 2 aromatic rings. The minimum Gasteiger partial charge on any atom is -0.384 e. The fourth-order valence-corrected chi connectivity index (χ4v) is 5.33. The van der Waals surface area contributed by atoms with Gasteiger partial charge in [0.05, 0.1) is 35.3 Å². The highest BCUT2D eigenvalue weighted by Gasteiger charge is 2.40. The average Bonchev–Trinajstić information content (AvgIpc) is 3.09. The number of rotatable bonds is 5. The zero-order valence-electron chi connectivity index (χ0n) is 20.5. The number of imidazole rings is 1. The van der Waals surface area contributed by atoms with Crippen molar-refractivity contribution in [3.05, 3.63) is 41.6 Å². The fraction of sp³-hybridized carbons (Fsp3) is 0.615. The van der Waals surface area contributed by atoms with E-state index in [0.717, 1.165) is 42.9 Å². The summed E-state index contributed by atoms with van der Waals surface area (Å²) in [4.78, 5) is 12.7. The molecule has 0 unspecified atom stereocenters. The number of anilines is 2. The molecule has 1 fully saturated rings. The highest BCUT2D eigenvalue weighted by molar-refractivity contribution is 5.74. The molecule has 1 aliphatic carbocycles. The van der Waals surface area contributed by atoms with Crippen LogP contribution in [0.25, 0.3) is 5.57 Å². The van der Waals surface area contributed by atoms with Crippen LogP contribution in [-0.4, -0.2) is 26.2 Å². The number of ether oxygens (including phenoxy) is 1. The molecule has 3 heterocycles. The maximum atomic E-state index is 6.32. The van der Waals surface area contributed by atoms with Gasteiger partial charge in [-0.1, -0.05) is 19.9 Å². The van der Waals surface area contributed by atoms with Gasteiger partial charge in [0.1, 0.15) is 11.6 Å². The molecule has 2 aliphatic rings. The summed E-state index contributed by atoms with van der Waals surface area (Å²) in [6.45, 7) is 14.0. The van der Waals surface area contributed by atoms with E-state index in [2.05, 4.69) is 75.0 Å². The number of nitrogen functional groups attached to an aromatic ring is 1. The smallest absolute Gasteiger partial charge is 0.127 e. The third-order valence-electron chi connectivity index (χ3n) is 6.73. The molecule has 1 saturated heterocycles. The second-order valence-corrected chi connectivity index (χ2v) is 11.6. The Hall–Kier alpha value is -2.34. The number of hydrogen-bond acceptors (Lipinski definition) is 5. The third-order valence-corrected chi connectivity index (χ3v) is 6.73. The maximum Gasteiger partial charge on any atom is 0.127 e. The van der Waals surface area contributed by atoms with Gasteiger partial charge >= 0.3 is 0 Å². The van der Waals surface area contributed by atoms with Crippen molar-refractivity contribution in [3.63, 3.8) is 0 Å². The lowest BCUT2D eigenvalue weighted by atomic mass is 9.77. The number of pyridine rings is 1. The molecule has 0 saturated carbocycles. The number of H-pyrrole nitrogens is 1. The van der Waals surface area contributed by atoms with E-state index in [4.69, 9.17) is 15.5 Å². The highest BCUT2D eigenvalue weighted by Crippen LogP contribution is 2.44. The van der Waals surface area contributed by atoms with Gasteiger partial charge in [-0.3, -0.25) is 4.98 Å². The Morgan fingerprint density at radius 1 is 1.12 bits per heavy atom. The van der Waals surface area contributed by atoms with Crippen molar-refractivity contribution < 1.29 is 4.74 Å². The van der Waals surface area contributed by atoms with E-state index in [0.29, 0.717) is 23.7 Å². The quantitative estimate of drug-likeness (QED) is 0.530. The molecule has 2 aromatic heterocycles. The van der Waals surface area contributed by atoms with Crippen molar-refractivity contribution >= 4 is 17.1 Å². The second-order valence-electron chi connectivity index (χ2n) is 11.6. The fourth-order valence-electron chi connectivity index (χ4n) is 5.33. The maximum absolute atomic E-state index is 6.32. The van der Waals surface area contributed by atoms with Crippen LogP contribution in [0.1, 0.15) is 96.8 Å². The van der Waals surface area contributed by atoms with Crippen LogP contribution in [0, 0.1) is 5.41 Å². The van der Waals surface area contributed by atoms with Crippen LogP contribution in [0.3, 0.4) is 0 Å². The Morgan fingerprint density at radius 3 is 2.44 bits per heavy atom. The van der Waals surface area contributed by atoms with Gasteiger partial charge in [-0.15, -0.1) is 0 Å². The van der Waals surface area contributed by atoms with Crippen LogP contribution in [0.5, 0.6) is 0 Å². The van der Waals surface area contributed by atoms with Crippen molar-refractivity contribution in [1.82, 2.24) is 15.0 Å². The van der Waals surface area contributed by atoms with Crippen molar-refractivity contribution in [3.8, 4) is 0 Å². The first kappa shape index (κ1) is 22.8. The third kappa shape index (κ3) is 5.34. The molecule has 4 N–H and O–H groups in total. The van der Waals surface area contributed by atoms with Gasteiger partial charge < -0.3 is 20.8 Å². The zero-order valence-corrected chi connectivity index (χ0v) is 20.5. The Bertz CT molecular complexity index is 985. The summed E-state index contributed by atoms with van der Waals surface area (Å²) < 4.78 is 6.32. The van der Waals surface area contributed by atoms with Crippen molar-refractivity contribution in [2.75, 3.05) is 11.1 Å². The van der Waals surface area contributed by atoms with Gasteiger partial charge in [0, 0.05) is 11.6 Å². The number of aromatic amines is 1. The number of nitrogens with one attached hydrogen (secondary N) is 2. The van der Waals surface area contributed by atoms with E-state index in [1.807, 2.05) is 0 Å². The van der Waals surface area contributed by atoms with Gasteiger partial charge in [-0.05, 0) is 82.9 Å². The molecule has 0 atom stereocenters. The molecule has 6 heteroatoms. The highest BCUT2D eigenvalue weighted by atomic mass is 16.5. The van der Waals surface area contributed by atoms with Crippen LogP contribution >= 0.6 is 0 Å². The summed E-state index contributed by atoms with van der Waals surface area (Å²) in [5.74, 6) is 1.79. The molecule has 6 nitrogen and oxygen atoms in total. The van der Waals surface area contributed by atoms with Gasteiger partial charge in [-0.25, -0.2) is 4.98 Å². The molecule has 0 aromatic carbocycles. The lowest BCUT2D eigenvalue weighted by Gasteiger charge is -2.45. The molecule has 4 rings (SSSR count). The Morgan fingerprint density at radius 2 is 1.84 bits per heavy atom. The number of hydrogen-bond donors (Lipinski definition) is 3. The van der Waals surface area contributed by atoms with Crippen molar-refractivity contribution in [2.24, 2.45) is 5.41 Å². The van der Waals surface area contributed by atoms with E-state index in [9.17, 15) is 0 Å². The molecule has 0 spiro atoms. The summed E-state index contributed by atoms with van der Waals surface area (Å²) in [6, 6.07) is 4.39. The second kappa shape index (κ2) is 8.22. The molecule has 0 amide bonds. The monoisotopic (exact) mass is 437 g/mol. The summed E-state index contributed by atoms with van der Waals surface area (Å²) in [7, 11) is 0. The van der Waals surface area contributed by atoms with E-state index in [-0.39, 0.29) is 11.2 Å². The van der Waals surface area contributed by atoms with E-state index < -0.39 is 0 Å². The predicted octanol–water partition coefficient (Wildman–Crippen LogP) is 6.04. The number of allylic oxidation sites excluding steroid dienone is 2. The van der Waals surface area contributed by atoms with E-state index >= 15 is 0 Å². The Balaban J connectivity index is 1.65. The van der Waals surface area contributed by atoms with Crippen molar-refractivity contribution in [2.45, 2.75) is 97.3 Å². The van der Waals surface area contributed by atoms with E-state index in [1.54, 1.807) is 6.20 Å². The van der Waals surface area contributed by atoms with Crippen LogP contribution in [0.15, 0.2) is 24.4 Å². The van der Waals surface area contributed by atoms with Crippen molar-refractivity contribution in [1.29, 1.82) is 0 Å². The Labute approximate surface area is 192 Å². The summed E-state index contributed by atoms with van der Waals surface area (Å²) in [6.07, 6.45) is 9.32.